The van der Waals surface area contributed by atoms with Gasteiger partial charge in [-0.15, -0.1) is 11.3 Å². The third kappa shape index (κ3) is 4.04. The summed E-state index contributed by atoms with van der Waals surface area (Å²) in [5.41, 5.74) is -0.489. The van der Waals surface area contributed by atoms with Gasteiger partial charge < -0.3 is 10.4 Å². The first kappa shape index (κ1) is 15.0. The van der Waals surface area contributed by atoms with Crippen molar-refractivity contribution in [1.82, 2.24) is 5.32 Å². The van der Waals surface area contributed by atoms with Crippen LogP contribution in [-0.4, -0.2) is 17.3 Å². The first-order valence-electron chi connectivity index (χ1n) is 7.49. The minimum atomic E-state index is -0.489. The predicted octanol–water partition coefficient (Wildman–Crippen LogP) is 3.98. The van der Waals surface area contributed by atoms with Gasteiger partial charge in [-0.3, -0.25) is 0 Å². The molecule has 1 heterocycles. The Morgan fingerprint density at radius 1 is 1.42 bits per heavy atom. The van der Waals surface area contributed by atoms with Gasteiger partial charge in [-0.25, -0.2) is 0 Å². The van der Waals surface area contributed by atoms with Gasteiger partial charge in [-0.2, -0.15) is 0 Å². The summed E-state index contributed by atoms with van der Waals surface area (Å²) in [4.78, 5) is 1.38. The topological polar surface area (TPSA) is 32.3 Å². The van der Waals surface area contributed by atoms with Crippen LogP contribution in [0.1, 0.15) is 57.4 Å². The van der Waals surface area contributed by atoms with Crippen molar-refractivity contribution in [1.29, 1.82) is 0 Å². The van der Waals surface area contributed by atoms with Crippen molar-refractivity contribution >= 4 is 11.3 Å². The van der Waals surface area contributed by atoms with E-state index < -0.39 is 5.60 Å². The molecular weight excluding hydrogens is 254 g/mol. The van der Waals surface area contributed by atoms with E-state index in [9.17, 15) is 5.11 Å². The third-order valence-electron chi connectivity index (χ3n) is 4.37. The summed E-state index contributed by atoms with van der Waals surface area (Å²) >= 11 is 1.80. The molecule has 0 spiro atoms. The van der Waals surface area contributed by atoms with Gasteiger partial charge in [0, 0.05) is 17.5 Å². The lowest BCUT2D eigenvalue weighted by Gasteiger charge is -2.36. The predicted molar refractivity (Wildman–Crippen MR) is 82.5 cm³/mol. The van der Waals surface area contributed by atoms with Crippen LogP contribution < -0.4 is 5.32 Å². The van der Waals surface area contributed by atoms with Gasteiger partial charge in [0.2, 0.25) is 0 Å². The lowest BCUT2D eigenvalue weighted by Crippen LogP contribution is -2.45. The van der Waals surface area contributed by atoms with E-state index in [1.54, 1.807) is 11.3 Å². The van der Waals surface area contributed by atoms with E-state index in [1.807, 2.05) is 0 Å². The average molecular weight is 281 g/mol. The molecule has 2 rings (SSSR count). The normalized spacial score (nSPS) is 29.6. The summed E-state index contributed by atoms with van der Waals surface area (Å²) in [5, 5.41) is 16.4. The van der Waals surface area contributed by atoms with Crippen LogP contribution in [0.25, 0.3) is 0 Å². The Kier molecular flexibility index (Phi) is 5.04. The Balaban J connectivity index is 1.92. The lowest BCUT2D eigenvalue weighted by atomic mass is 9.79. The number of hydrogen-bond acceptors (Lipinski definition) is 3. The monoisotopic (exact) mass is 281 g/mol. The van der Waals surface area contributed by atoms with Crippen LogP contribution in [0.3, 0.4) is 0 Å². The molecule has 1 saturated carbocycles. The maximum Gasteiger partial charge on any atom is 0.0772 e. The summed E-state index contributed by atoms with van der Waals surface area (Å²) in [6.07, 6.45) is 4.19. The van der Waals surface area contributed by atoms with E-state index in [-0.39, 0.29) is 0 Å². The second-order valence-corrected chi connectivity index (χ2v) is 7.50. The fourth-order valence-corrected chi connectivity index (χ4v) is 3.88. The highest BCUT2D eigenvalue weighted by Crippen LogP contribution is 2.33. The van der Waals surface area contributed by atoms with Gasteiger partial charge in [0.1, 0.15) is 0 Å². The Hall–Kier alpha value is -0.380. The van der Waals surface area contributed by atoms with Crippen molar-refractivity contribution in [3.8, 4) is 0 Å². The van der Waals surface area contributed by atoms with Crippen LogP contribution >= 0.6 is 11.3 Å². The molecule has 108 valence electrons. The Morgan fingerprint density at radius 3 is 2.63 bits per heavy atom. The van der Waals surface area contributed by atoms with Crippen molar-refractivity contribution < 1.29 is 5.11 Å². The molecule has 0 aromatic carbocycles. The van der Waals surface area contributed by atoms with Crippen LogP contribution in [0.5, 0.6) is 0 Å². The molecule has 1 atom stereocenters. The SMILES string of the molecule is CC1CCC(O)(CNC(c2cccs2)C(C)C)CC1. The van der Waals surface area contributed by atoms with Crippen molar-refractivity contribution in [2.75, 3.05) is 6.54 Å². The summed E-state index contributed by atoms with van der Waals surface area (Å²) in [5.74, 6) is 1.32. The van der Waals surface area contributed by atoms with Crippen molar-refractivity contribution in [3.05, 3.63) is 22.4 Å². The van der Waals surface area contributed by atoms with Crippen LogP contribution in [-0.2, 0) is 0 Å². The molecule has 0 saturated heterocycles. The van der Waals surface area contributed by atoms with Gasteiger partial charge in [0.25, 0.3) is 0 Å². The zero-order chi connectivity index (χ0) is 13.9. The van der Waals surface area contributed by atoms with E-state index in [2.05, 4.69) is 43.6 Å². The van der Waals surface area contributed by atoms with Gasteiger partial charge >= 0.3 is 0 Å². The molecule has 19 heavy (non-hydrogen) atoms. The van der Waals surface area contributed by atoms with Crippen LogP contribution in [0.2, 0.25) is 0 Å². The fraction of sp³-hybridized carbons (Fsp3) is 0.750. The van der Waals surface area contributed by atoms with Crippen molar-refractivity contribution in [2.24, 2.45) is 11.8 Å². The highest BCUT2D eigenvalue weighted by atomic mass is 32.1. The highest BCUT2D eigenvalue weighted by Gasteiger charge is 2.32. The second kappa shape index (κ2) is 6.38. The maximum atomic E-state index is 10.7. The lowest BCUT2D eigenvalue weighted by molar-refractivity contribution is -0.00921. The smallest absolute Gasteiger partial charge is 0.0772 e. The average Bonchev–Trinajstić information content (AvgIpc) is 2.87. The standard InChI is InChI=1S/C16H27NOS/c1-12(2)15(14-5-4-10-19-14)17-11-16(18)8-6-13(3)7-9-16/h4-5,10,12-13,15,17-18H,6-9,11H2,1-3H3. The first-order chi connectivity index (χ1) is 9.00. The van der Waals surface area contributed by atoms with Crippen LogP contribution in [0, 0.1) is 11.8 Å². The molecule has 1 fully saturated rings. The molecule has 1 aliphatic rings. The molecule has 0 aliphatic heterocycles. The minimum Gasteiger partial charge on any atom is -0.389 e. The number of nitrogens with one attached hydrogen (secondary N) is 1. The highest BCUT2D eigenvalue weighted by molar-refractivity contribution is 7.10. The summed E-state index contributed by atoms with van der Waals surface area (Å²) in [6, 6.07) is 4.66. The number of rotatable bonds is 5. The molecular formula is C16H27NOS. The fourth-order valence-electron chi connectivity index (χ4n) is 2.91. The van der Waals surface area contributed by atoms with E-state index >= 15 is 0 Å². The Labute approximate surface area is 121 Å². The molecule has 2 N–H and O–H groups in total. The Morgan fingerprint density at radius 2 is 2.11 bits per heavy atom. The van der Waals surface area contributed by atoms with E-state index in [0.29, 0.717) is 12.0 Å². The van der Waals surface area contributed by atoms with Gasteiger partial charge in [-0.05, 0) is 49.0 Å². The maximum absolute atomic E-state index is 10.7. The summed E-state index contributed by atoms with van der Waals surface area (Å²) in [7, 11) is 0. The van der Waals surface area contributed by atoms with E-state index in [1.165, 1.54) is 4.88 Å². The number of aliphatic hydroxyl groups is 1. The minimum absolute atomic E-state index is 0.364. The number of thiophene rings is 1. The van der Waals surface area contributed by atoms with Crippen molar-refractivity contribution in [2.45, 2.75) is 58.1 Å². The van der Waals surface area contributed by atoms with Gasteiger partial charge in [-0.1, -0.05) is 26.8 Å². The molecule has 1 aromatic rings. The van der Waals surface area contributed by atoms with E-state index in [4.69, 9.17) is 0 Å². The molecule has 0 radical (unpaired) electrons. The zero-order valence-corrected chi connectivity index (χ0v) is 13.2. The molecule has 1 aliphatic carbocycles. The molecule has 0 bridgehead atoms. The Bertz CT molecular complexity index is 366. The summed E-state index contributed by atoms with van der Waals surface area (Å²) in [6.45, 7) is 7.49. The molecule has 3 heteroatoms. The second-order valence-electron chi connectivity index (χ2n) is 6.52. The summed E-state index contributed by atoms with van der Waals surface area (Å²) < 4.78 is 0. The zero-order valence-electron chi connectivity index (χ0n) is 12.4. The number of hydrogen-bond donors (Lipinski definition) is 2. The molecule has 2 nitrogen and oxygen atoms in total. The molecule has 1 unspecified atom stereocenters. The van der Waals surface area contributed by atoms with Gasteiger partial charge in [0.05, 0.1) is 5.60 Å². The quantitative estimate of drug-likeness (QED) is 0.855. The van der Waals surface area contributed by atoms with Crippen LogP contribution in [0.15, 0.2) is 17.5 Å². The third-order valence-corrected chi connectivity index (χ3v) is 5.33. The largest absolute Gasteiger partial charge is 0.389 e. The van der Waals surface area contributed by atoms with Crippen molar-refractivity contribution in [3.63, 3.8) is 0 Å². The molecule has 1 aromatic heterocycles. The van der Waals surface area contributed by atoms with Gasteiger partial charge in [0.15, 0.2) is 0 Å². The molecule has 0 amide bonds. The first-order valence-corrected chi connectivity index (χ1v) is 8.37. The van der Waals surface area contributed by atoms with Crippen LogP contribution in [0.4, 0.5) is 0 Å². The van der Waals surface area contributed by atoms with E-state index in [0.717, 1.165) is 38.1 Å².